The number of unbranched alkanes of at least 4 members (excludes halogenated alkanes) is 8. The third-order valence-electron chi connectivity index (χ3n) is 5.49. The monoisotopic (exact) mass is 458 g/mol. The van der Waals surface area contributed by atoms with Gasteiger partial charge in [0.25, 0.3) is 0 Å². The fourth-order valence-corrected chi connectivity index (χ4v) is 3.28. The van der Waals surface area contributed by atoms with Gasteiger partial charge in [0, 0.05) is 20.5 Å². The van der Waals surface area contributed by atoms with Gasteiger partial charge >= 0.3 is 5.97 Å². The first-order valence-corrected chi connectivity index (χ1v) is 12.2. The molecule has 0 radical (unpaired) electrons. The number of nitrogens with one attached hydrogen (secondary N) is 2. The summed E-state index contributed by atoms with van der Waals surface area (Å²) in [5.41, 5.74) is 0. The van der Waals surface area contributed by atoms with Crippen molar-refractivity contribution in [3.05, 3.63) is 0 Å². The van der Waals surface area contributed by atoms with Crippen LogP contribution in [0.1, 0.15) is 91.4 Å². The topological polar surface area (TPSA) is 103 Å². The molecule has 0 aliphatic rings. The van der Waals surface area contributed by atoms with Gasteiger partial charge in [-0.15, -0.1) is 0 Å². The van der Waals surface area contributed by atoms with Crippen molar-refractivity contribution in [3.8, 4) is 0 Å². The molecule has 3 unspecified atom stereocenters. The molecule has 8 nitrogen and oxygen atoms in total. The van der Waals surface area contributed by atoms with Crippen LogP contribution in [0, 0.1) is 0 Å². The summed E-state index contributed by atoms with van der Waals surface area (Å²) in [5.74, 6) is -0.409. The van der Waals surface area contributed by atoms with Gasteiger partial charge < -0.3 is 24.8 Å². The Kier molecular flexibility index (Phi) is 18.9. The Bertz CT molecular complexity index is 515. The lowest BCUT2D eigenvalue weighted by atomic mass is 10.0. The third-order valence-corrected chi connectivity index (χ3v) is 5.49. The van der Waals surface area contributed by atoms with Gasteiger partial charge in [-0.2, -0.15) is 0 Å². The highest BCUT2D eigenvalue weighted by Gasteiger charge is 2.24. The van der Waals surface area contributed by atoms with Crippen molar-refractivity contribution >= 4 is 17.8 Å². The minimum absolute atomic E-state index is 0.0264. The van der Waals surface area contributed by atoms with Crippen LogP contribution in [0.5, 0.6) is 0 Å². The molecule has 0 aliphatic heterocycles. The molecule has 0 aromatic rings. The number of carbonyl (C=O) groups is 3. The molecule has 0 aliphatic carbocycles. The SMILES string of the molecule is CCOC(=O)CCCCCCCCCCCC(OC(C)C(C)OCC(=O)NC)C(=O)NC. The van der Waals surface area contributed by atoms with Gasteiger partial charge in [0.05, 0.1) is 18.8 Å². The summed E-state index contributed by atoms with van der Waals surface area (Å²) in [4.78, 5) is 34.8. The van der Waals surface area contributed by atoms with E-state index in [-0.39, 0.29) is 36.6 Å². The molecule has 2 N–H and O–H groups in total. The first kappa shape index (κ1) is 30.3. The van der Waals surface area contributed by atoms with Crippen molar-refractivity contribution in [2.24, 2.45) is 0 Å². The van der Waals surface area contributed by atoms with Crippen molar-refractivity contribution < 1.29 is 28.6 Å². The van der Waals surface area contributed by atoms with Gasteiger partial charge in [0.1, 0.15) is 12.7 Å². The van der Waals surface area contributed by atoms with Crippen LogP contribution in [-0.2, 0) is 28.6 Å². The number of amides is 2. The maximum Gasteiger partial charge on any atom is 0.305 e. The van der Waals surface area contributed by atoms with E-state index in [9.17, 15) is 14.4 Å². The molecule has 0 aromatic heterocycles. The van der Waals surface area contributed by atoms with E-state index in [1.807, 2.05) is 20.8 Å². The lowest BCUT2D eigenvalue weighted by Gasteiger charge is -2.25. The van der Waals surface area contributed by atoms with E-state index >= 15 is 0 Å². The van der Waals surface area contributed by atoms with Gasteiger partial charge in [-0.1, -0.05) is 51.4 Å². The predicted octanol–water partition coefficient (Wildman–Crippen LogP) is 3.51. The van der Waals surface area contributed by atoms with Crippen LogP contribution in [0.25, 0.3) is 0 Å². The fraction of sp³-hybridized carbons (Fsp3) is 0.875. The van der Waals surface area contributed by atoms with E-state index in [0.717, 1.165) is 38.5 Å². The van der Waals surface area contributed by atoms with E-state index in [1.165, 1.54) is 19.3 Å². The maximum absolute atomic E-state index is 12.2. The Morgan fingerprint density at radius 2 is 1.34 bits per heavy atom. The van der Waals surface area contributed by atoms with Crippen molar-refractivity contribution in [1.82, 2.24) is 10.6 Å². The van der Waals surface area contributed by atoms with Gasteiger partial charge in [-0.25, -0.2) is 0 Å². The normalized spacial score (nSPS) is 13.8. The van der Waals surface area contributed by atoms with Crippen molar-refractivity contribution in [1.29, 1.82) is 0 Å². The third kappa shape index (κ3) is 16.0. The van der Waals surface area contributed by atoms with Crippen LogP contribution >= 0.6 is 0 Å². The summed E-state index contributed by atoms with van der Waals surface area (Å²) >= 11 is 0. The quantitative estimate of drug-likeness (QED) is 0.214. The lowest BCUT2D eigenvalue weighted by Crippen LogP contribution is -2.40. The Balaban J connectivity index is 3.93. The van der Waals surface area contributed by atoms with Gasteiger partial charge in [-0.05, 0) is 33.6 Å². The number of hydrogen-bond donors (Lipinski definition) is 2. The second kappa shape index (κ2) is 20.0. The van der Waals surface area contributed by atoms with Crippen LogP contribution in [0.15, 0.2) is 0 Å². The highest BCUT2D eigenvalue weighted by Crippen LogP contribution is 2.15. The molecule has 0 spiro atoms. The zero-order chi connectivity index (χ0) is 24.2. The molecule has 3 atom stereocenters. The minimum Gasteiger partial charge on any atom is -0.466 e. The van der Waals surface area contributed by atoms with Crippen LogP contribution in [-0.4, -0.2) is 63.4 Å². The second-order valence-corrected chi connectivity index (χ2v) is 8.16. The Hall–Kier alpha value is -1.67. The summed E-state index contributed by atoms with van der Waals surface area (Å²) in [7, 11) is 3.17. The van der Waals surface area contributed by atoms with E-state index in [1.54, 1.807) is 14.1 Å². The molecule has 0 heterocycles. The number of esters is 1. The predicted molar refractivity (Wildman–Crippen MR) is 125 cm³/mol. The highest BCUT2D eigenvalue weighted by molar-refractivity contribution is 5.80. The van der Waals surface area contributed by atoms with Crippen molar-refractivity contribution in [3.63, 3.8) is 0 Å². The minimum atomic E-state index is -0.513. The Labute approximate surface area is 194 Å². The second-order valence-electron chi connectivity index (χ2n) is 8.16. The van der Waals surface area contributed by atoms with E-state index in [0.29, 0.717) is 19.4 Å². The van der Waals surface area contributed by atoms with Crippen molar-refractivity contribution in [2.75, 3.05) is 27.3 Å². The Morgan fingerprint density at radius 3 is 1.88 bits per heavy atom. The number of rotatable bonds is 20. The molecule has 0 bridgehead atoms. The van der Waals surface area contributed by atoms with Crippen LogP contribution in [0.2, 0.25) is 0 Å². The largest absolute Gasteiger partial charge is 0.466 e. The number of ether oxygens (including phenoxy) is 3. The van der Waals surface area contributed by atoms with Crippen LogP contribution in [0.3, 0.4) is 0 Å². The van der Waals surface area contributed by atoms with E-state index in [4.69, 9.17) is 14.2 Å². The molecule has 32 heavy (non-hydrogen) atoms. The summed E-state index contributed by atoms with van der Waals surface area (Å²) < 4.78 is 16.4. The molecule has 0 rings (SSSR count). The smallest absolute Gasteiger partial charge is 0.305 e. The first-order valence-electron chi connectivity index (χ1n) is 12.2. The zero-order valence-corrected chi connectivity index (χ0v) is 20.9. The average molecular weight is 459 g/mol. The number of carbonyl (C=O) groups excluding carboxylic acids is 3. The molecule has 0 saturated carbocycles. The van der Waals surface area contributed by atoms with Gasteiger partial charge in [-0.3, -0.25) is 14.4 Å². The average Bonchev–Trinajstić information content (AvgIpc) is 2.79. The summed E-state index contributed by atoms with van der Waals surface area (Å²) in [6, 6.07) is 0. The number of likely N-dealkylation sites (N-methyl/N-ethyl adjacent to an activating group) is 2. The summed E-state index contributed by atoms with van der Waals surface area (Å²) in [5, 5.41) is 5.18. The summed E-state index contributed by atoms with van der Waals surface area (Å²) in [6.45, 7) is 5.96. The first-order chi connectivity index (χ1) is 15.3. The zero-order valence-electron chi connectivity index (χ0n) is 20.9. The molecule has 2 amide bonds. The Morgan fingerprint density at radius 1 is 0.781 bits per heavy atom. The van der Waals surface area contributed by atoms with Gasteiger partial charge in [0.2, 0.25) is 11.8 Å². The molecular weight excluding hydrogens is 412 g/mol. The van der Waals surface area contributed by atoms with E-state index in [2.05, 4.69) is 10.6 Å². The molecule has 0 aromatic carbocycles. The van der Waals surface area contributed by atoms with Gasteiger partial charge in [0.15, 0.2) is 0 Å². The van der Waals surface area contributed by atoms with Crippen molar-refractivity contribution in [2.45, 2.75) is 110 Å². The summed E-state index contributed by atoms with van der Waals surface area (Å²) in [6.07, 6.45) is 9.95. The molecular formula is C24H46N2O6. The lowest BCUT2D eigenvalue weighted by molar-refractivity contribution is -0.146. The highest BCUT2D eigenvalue weighted by atomic mass is 16.6. The number of hydrogen-bond acceptors (Lipinski definition) is 6. The molecule has 0 saturated heterocycles. The van der Waals surface area contributed by atoms with Crippen LogP contribution in [0.4, 0.5) is 0 Å². The fourth-order valence-electron chi connectivity index (χ4n) is 3.28. The molecule has 0 fully saturated rings. The van der Waals surface area contributed by atoms with Crippen LogP contribution < -0.4 is 10.6 Å². The standard InChI is InChI=1S/C24H46N2O6/c1-6-30-23(28)17-15-13-11-9-7-8-10-12-14-16-21(24(29)26-5)32-20(3)19(2)31-18-22(27)25-4/h19-21H,6-18H2,1-5H3,(H,25,27)(H,26,29). The molecule has 188 valence electrons. The van der Waals surface area contributed by atoms with E-state index < -0.39 is 6.10 Å². The maximum atomic E-state index is 12.2. The molecule has 8 heteroatoms.